The SMILES string of the molecule is CCOc1cc2c(cc1OC)[C@@]1(CS[C@@H]3c4c(O)c(C)c5c(c4[C@H](COC1=O)N1C3[C@@H]3c4c(cc(C)c(OC)c4OCC)C[C@@H]([C@@H]1C#N)N3C)OCO5)NCC2. The Morgan fingerprint density at radius 3 is 2.52 bits per heavy atom. The number of carbonyl (C=O) groups is 1. The van der Waals surface area contributed by atoms with Crippen molar-refractivity contribution in [1.82, 2.24) is 15.1 Å². The first-order valence-electron chi connectivity index (χ1n) is 19.4. The molecule has 0 aliphatic carbocycles. The van der Waals surface area contributed by atoms with E-state index in [1.807, 2.05) is 39.8 Å². The first-order valence-corrected chi connectivity index (χ1v) is 20.4. The van der Waals surface area contributed by atoms with E-state index < -0.39 is 34.9 Å². The van der Waals surface area contributed by atoms with Gasteiger partial charge in [-0.3, -0.25) is 15.1 Å². The van der Waals surface area contributed by atoms with E-state index in [9.17, 15) is 15.2 Å². The summed E-state index contributed by atoms with van der Waals surface area (Å²) >= 11 is 1.58. The number of phenols is 1. The number of methoxy groups -OCH3 is 2. The highest BCUT2D eigenvalue weighted by atomic mass is 32.2. The van der Waals surface area contributed by atoms with Gasteiger partial charge in [0.1, 0.15) is 18.4 Å². The van der Waals surface area contributed by atoms with E-state index in [1.165, 1.54) is 0 Å². The largest absolute Gasteiger partial charge is 0.507 e. The second-order valence-electron chi connectivity index (χ2n) is 15.3. The maximum absolute atomic E-state index is 14.9. The molecule has 4 bridgehead atoms. The molecule has 1 spiro atoms. The molecule has 10 rings (SSSR count). The molecule has 0 amide bonds. The minimum Gasteiger partial charge on any atom is -0.507 e. The molecule has 7 aliphatic rings. The summed E-state index contributed by atoms with van der Waals surface area (Å²) in [5.41, 5.74) is 5.60. The van der Waals surface area contributed by atoms with Crippen molar-refractivity contribution in [3.8, 4) is 46.3 Å². The van der Waals surface area contributed by atoms with Crippen LogP contribution in [0, 0.1) is 25.2 Å². The Labute approximate surface area is 331 Å². The minimum atomic E-state index is -1.25. The average molecular weight is 785 g/mol. The molecule has 7 atom stereocenters. The predicted octanol–water partition coefficient (Wildman–Crippen LogP) is 5.15. The molecule has 1 unspecified atom stereocenters. The van der Waals surface area contributed by atoms with Crippen LogP contribution in [0.15, 0.2) is 18.2 Å². The normalized spacial score (nSPS) is 28.6. The van der Waals surface area contributed by atoms with Gasteiger partial charge in [-0.25, -0.2) is 4.79 Å². The molecule has 2 N–H and O–H groups in total. The van der Waals surface area contributed by atoms with Crippen molar-refractivity contribution in [1.29, 1.82) is 5.26 Å². The molecule has 7 aliphatic heterocycles. The van der Waals surface area contributed by atoms with Crippen LogP contribution in [0.4, 0.5) is 0 Å². The predicted molar refractivity (Wildman–Crippen MR) is 207 cm³/mol. The van der Waals surface area contributed by atoms with Gasteiger partial charge in [-0.2, -0.15) is 5.26 Å². The van der Waals surface area contributed by atoms with Crippen molar-refractivity contribution in [3.05, 3.63) is 62.7 Å². The molecule has 14 heteroatoms. The number of esters is 1. The molecule has 56 heavy (non-hydrogen) atoms. The molecular formula is C42H48N4O9S. The highest BCUT2D eigenvalue weighted by Gasteiger charge is 2.61. The first-order chi connectivity index (χ1) is 27.1. The van der Waals surface area contributed by atoms with Crippen LogP contribution in [0.3, 0.4) is 0 Å². The van der Waals surface area contributed by atoms with Crippen LogP contribution in [0.25, 0.3) is 0 Å². The Morgan fingerprint density at radius 1 is 1.00 bits per heavy atom. The average Bonchev–Trinajstić information content (AvgIpc) is 3.68. The van der Waals surface area contributed by atoms with Gasteiger partial charge in [-0.15, -0.1) is 11.8 Å². The van der Waals surface area contributed by atoms with E-state index in [-0.39, 0.29) is 37.0 Å². The van der Waals surface area contributed by atoms with Crippen molar-refractivity contribution < 1.29 is 43.1 Å². The number of benzene rings is 3. The number of nitriles is 1. The summed E-state index contributed by atoms with van der Waals surface area (Å²) in [4.78, 5) is 19.4. The van der Waals surface area contributed by atoms with Gasteiger partial charge in [-0.05, 0) is 82.0 Å². The van der Waals surface area contributed by atoms with E-state index in [4.69, 9.17) is 33.2 Å². The smallest absolute Gasteiger partial charge is 0.331 e. The van der Waals surface area contributed by atoms with Gasteiger partial charge in [0.05, 0.1) is 50.8 Å². The summed E-state index contributed by atoms with van der Waals surface area (Å²) in [5, 5.41) is 26.7. The topological polar surface area (TPSA) is 144 Å². The third kappa shape index (κ3) is 5.06. The molecule has 3 aromatic rings. The number of piperazine rings is 1. The quantitative estimate of drug-likeness (QED) is 0.318. The number of nitrogens with zero attached hydrogens (tertiary/aromatic N) is 3. The van der Waals surface area contributed by atoms with Crippen molar-refractivity contribution in [3.63, 3.8) is 0 Å². The van der Waals surface area contributed by atoms with Crippen LogP contribution in [0.1, 0.15) is 75.7 Å². The molecule has 296 valence electrons. The molecule has 13 nitrogen and oxygen atoms in total. The number of rotatable bonds is 6. The Balaban J connectivity index is 1.30. The molecule has 0 radical (unpaired) electrons. The van der Waals surface area contributed by atoms with Gasteiger partial charge in [-0.1, -0.05) is 6.07 Å². The van der Waals surface area contributed by atoms with Gasteiger partial charge in [0.2, 0.25) is 6.79 Å². The van der Waals surface area contributed by atoms with E-state index in [2.05, 4.69) is 34.3 Å². The first kappa shape index (κ1) is 37.1. The van der Waals surface area contributed by atoms with Gasteiger partial charge >= 0.3 is 5.97 Å². The lowest BCUT2D eigenvalue weighted by Crippen LogP contribution is -2.69. The number of likely N-dealkylation sites (N-methyl/N-ethyl adjacent to an activating group) is 1. The van der Waals surface area contributed by atoms with Crippen molar-refractivity contribution in [2.24, 2.45) is 0 Å². The molecule has 2 saturated heterocycles. The maximum atomic E-state index is 14.9. The van der Waals surface area contributed by atoms with Crippen LogP contribution >= 0.6 is 11.8 Å². The van der Waals surface area contributed by atoms with Crippen LogP contribution in [0.5, 0.6) is 40.2 Å². The molecule has 7 heterocycles. The summed E-state index contributed by atoms with van der Waals surface area (Å²) < 4.78 is 43.0. The second-order valence-corrected chi connectivity index (χ2v) is 16.5. The maximum Gasteiger partial charge on any atom is 0.331 e. The second kappa shape index (κ2) is 13.8. The lowest BCUT2D eigenvalue weighted by Gasteiger charge is -2.62. The van der Waals surface area contributed by atoms with Crippen molar-refractivity contribution in [2.45, 2.75) is 81.5 Å². The number of thioether (sulfide) groups is 1. The number of hydrogen-bond acceptors (Lipinski definition) is 14. The number of nitrogens with one attached hydrogen (secondary N) is 1. The number of aromatic hydroxyl groups is 1. The fourth-order valence-electron chi connectivity index (χ4n) is 10.4. The highest BCUT2D eigenvalue weighted by Crippen LogP contribution is 2.64. The molecule has 0 aromatic heterocycles. The number of phenolic OH excluding ortho intramolecular Hbond substituents is 1. The van der Waals surface area contributed by atoms with Crippen LogP contribution in [-0.2, 0) is 27.9 Å². The van der Waals surface area contributed by atoms with Crippen molar-refractivity contribution in [2.75, 3.05) is 60.2 Å². The Morgan fingerprint density at radius 2 is 1.79 bits per heavy atom. The minimum absolute atomic E-state index is 0.00486. The summed E-state index contributed by atoms with van der Waals surface area (Å²) in [6.45, 7) is 9.13. The lowest BCUT2D eigenvalue weighted by molar-refractivity contribution is -0.157. The van der Waals surface area contributed by atoms with E-state index in [0.29, 0.717) is 83.8 Å². The fourth-order valence-corrected chi connectivity index (χ4v) is 12.1. The number of ether oxygens (including phenoxy) is 7. The number of hydrogen-bond donors (Lipinski definition) is 2. The molecule has 0 saturated carbocycles. The van der Waals surface area contributed by atoms with Gasteiger partial charge in [0.25, 0.3) is 0 Å². The van der Waals surface area contributed by atoms with Crippen LogP contribution < -0.4 is 33.7 Å². The van der Waals surface area contributed by atoms with Crippen LogP contribution in [-0.4, -0.2) is 99.2 Å². The van der Waals surface area contributed by atoms with E-state index >= 15 is 0 Å². The number of fused-ring (bicyclic) bond motifs is 9. The standard InChI is InChI=1S/C42H48N4O9S/c1-8-51-29-14-22-10-11-44-42(24(22)15-28(29)49-6)18-56-40-32-31(39-37(54-19-55-39)21(4)35(32)47)27(17-53-41(42)48)46-26(16-43)25-13-23-12-20(3)36(50-7)38(52-9-2)30(23)33(34(40)46)45(25)5/h12,14-15,25-27,33-34,40,44,47H,8-11,13,17-19H2,1-7H3/t25-,26-,27-,33-,34?,40+,42+/m0/s1. The molecule has 3 aromatic carbocycles. The molecule has 2 fully saturated rings. The van der Waals surface area contributed by atoms with Gasteiger partial charge in [0, 0.05) is 46.6 Å². The van der Waals surface area contributed by atoms with Gasteiger partial charge in [0.15, 0.2) is 40.0 Å². The zero-order valence-corrected chi connectivity index (χ0v) is 33.6. The summed E-state index contributed by atoms with van der Waals surface area (Å²) in [7, 11) is 5.36. The van der Waals surface area contributed by atoms with Gasteiger partial charge < -0.3 is 38.3 Å². The van der Waals surface area contributed by atoms with E-state index in [0.717, 1.165) is 27.8 Å². The number of carbonyl (C=O) groups excluding carboxylic acids is 1. The van der Waals surface area contributed by atoms with Crippen LogP contribution in [0.2, 0.25) is 0 Å². The Bertz CT molecular complexity index is 2170. The third-order valence-corrected chi connectivity index (χ3v) is 14.2. The van der Waals surface area contributed by atoms with E-state index in [1.54, 1.807) is 26.0 Å². The number of aryl methyl sites for hydroxylation is 1. The Kier molecular flexibility index (Phi) is 9.15. The lowest BCUT2D eigenvalue weighted by atomic mass is 9.71. The summed E-state index contributed by atoms with van der Waals surface area (Å²) in [6, 6.07) is 6.62. The highest BCUT2D eigenvalue weighted by molar-refractivity contribution is 7.99. The zero-order chi connectivity index (χ0) is 39.2. The summed E-state index contributed by atoms with van der Waals surface area (Å²) in [5.74, 6) is 3.49. The molecular weight excluding hydrogens is 737 g/mol. The summed E-state index contributed by atoms with van der Waals surface area (Å²) in [6.07, 6.45) is 1.29. The Hall–Kier alpha value is -4.55. The fraction of sp³-hybridized carbons (Fsp3) is 0.524. The van der Waals surface area contributed by atoms with Crippen molar-refractivity contribution >= 4 is 17.7 Å². The third-order valence-electron chi connectivity index (χ3n) is 12.8. The monoisotopic (exact) mass is 784 g/mol. The zero-order valence-electron chi connectivity index (χ0n) is 32.8.